The number of anilines is 2. The van der Waals surface area contributed by atoms with Gasteiger partial charge in [-0.05, 0) is 33.6 Å². The van der Waals surface area contributed by atoms with Gasteiger partial charge in [0.2, 0.25) is 5.95 Å². The van der Waals surface area contributed by atoms with Crippen molar-refractivity contribution in [2.75, 3.05) is 23.8 Å². The molecule has 1 rings (SSSR count). The lowest BCUT2D eigenvalue weighted by molar-refractivity contribution is 0.251. The zero-order valence-electron chi connectivity index (χ0n) is 11.7. The van der Waals surface area contributed by atoms with E-state index in [-0.39, 0.29) is 12.1 Å². The van der Waals surface area contributed by atoms with E-state index in [1.54, 1.807) is 0 Å². The van der Waals surface area contributed by atoms with E-state index >= 15 is 0 Å². The maximum Gasteiger partial charge on any atom is 0.224 e. The van der Waals surface area contributed by atoms with Crippen molar-refractivity contribution in [2.45, 2.75) is 46.1 Å². The molecule has 18 heavy (non-hydrogen) atoms. The number of hydrogen-bond acceptors (Lipinski definition) is 5. The van der Waals surface area contributed by atoms with Crippen LogP contribution >= 0.6 is 0 Å². The summed E-state index contributed by atoms with van der Waals surface area (Å²) in [4.78, 5) is 8.68. The highest BCUT2D eigenvalue weighted by Crippen LogP contribution is 2.23. The van der Waals surface area contributed by atoms with Gasteiger partial charge in [-0.1, -0.05) is 6.92 Å². The Hall–Kier alpha value is -1.36. The molecule has 0 aliphatic heterocycles. The van der Waals surface area contributed by atoms with E-state index in [2.05, 4.69) is 34.4 Å². The molecule has 0 saturated heterocycles. The van der Waals surface area contributed by atoms with Crippen LogP contribution in [-0.4, -0.2) is 33.8 Å². The maximum atomic E-state index is 9.13. The van der Waals surface area contributed by atoms with Crippen LogP contribution in [0, 0.1) is 6.92 Å². The van der Waals surface area contributed by atoms with E-state index in [0.29, 0.717) is 12.4 Å². The van der Waals surface area contributed by atoms with E-state index in [0.717, 1.165) is 24.3 Å². The second-order valence-corrected chi connectivity index (χ2v) is 4.77. The number of aromatic nitrogens is 2. The molecule has 0 aromatic carbocycles. The third-order valence-electron chi connectivity index (χ3n) is 3.17. The first-order valence-corrected chi connectivity index (χ1v) is 6.51. The Kier molecular flexibility index (Phi) is 5.34. The highest BCUT2D eigenvalue weighted by molar-refractivity contribution is 5.48. The van der Waals surface area contributed by atoms with Crippen molar-refractivity contribution in [1.82, 2.24) is 9.97 Å². The Labute approximate surface area is 109 Å². The SMILES string of the molecule is CCNc1ncc(C)c(NC(C)(CC)CCO)n1. The highest BCUT2D eigenvalue weighted by atomic mass is 16.3. The van der Waals surface area contributed by atoms with Crippen molar-refractivity contribution in [3.05, 3.63) is 11.8 Å². The summed E-state index contributed by atoms with van der Waals surface area (Å²) in [6, 6.07) is 0. The number of nitrogens with one attached hydrogen (secondary N) is 2. The van der Waals surface area contributed by atoms with Crippen molar-refractivity contribution < 1.29 is 5.11 Å². The second kappa shape index (κ2) is 6.54. The molecule has 102 valence electrons. The Morgan fingerprint density at radius 3 is 2.67 bits per heavy atom. The van der Waals surface area contributed by atoms with Gasteiger partial charge in [0.05, 0.1) is 0 Å². The summed E-state index contributed by atoms with van der Waals surface area (Å²) in [5.74, 6) is 1.46. The van der Waals surface area contributed by atoms with Gasteiger partial charge in [0.1, 0.15) is 5.82 Å². The molecule has 0 radical (unpaired) electrons. The lowest BCUT2D eigenvalue weighted by Crippen LogP contribution is -2.35. The van der Waals surface area contributed by atoms with Crippen molar-refractivity contribution in [1.29, 1.82) is 0 Å². The van der Waals surface area contributed by atoms with Gasteiger partial charge in [-0.2, -0.15) is 4.98 Å². The molecule has 1 aromatic rings. The number of rotatable bonds is 7. The third kappa shape index (κ3) is 3.84. The smallest absolute Gasteiger partial charge is 0.224 e. The van der Waals surface area contributed by atoms with Gasteiger partial charge in [0.15, 0.2) is 0 Å². The van der Waals surface area contributed by atoms with Gasteiger partial charge in [-0.25, -0.2) is 4.98 Å². The van der Waals surface area contributed by atoms with Gasteiger partial charge in [-0.15, -0.1) is 0 Å². The summed E-state index contributed by atoms with van der Waals surface area (Å²) in [6.45, 7) is 9.15. The van der Waals surface area contributed by atoms with E-state index in [1.165, 1.54) is 0 Å². The maximum absolute atomic E-state index is 9.13. The molecule has 0 fully saturated rings. The fraction of sp³-hybridized carbons (Fsp3) is 0.692. The first-order valence-electron chi connectivity index (χ1n) is 6.51. The van der Waals surface area contributed by atoms with Gasteiger partial charge >= 0.3 is 0 Å². The molecule has 0 spiro atoms. The van der Waals surface area contributed by atoms with Crippen molar-refractivity contribution in [3.63, 3.8) is 0 Å². The molecule has 1 heterocycles. The monoisotopic (exact) mass is 252 g/mol. The van der Waals surface area contributed by atoms with Crippen LogP contribution in [0.15, 0.2) is 6.20 Å². The number of nitrogens with zero attached hydrogens (tertiary/aromatic N) is 2. The molecule has 0 saturated carbocycles. The predicted molar refractivity (Wildman–Crippen MR) is 75.0 cm³/mol. The number of aliphatic hydroxyl groups excluding tert-OH is 1. The largest absolute Gasteiger partial charge is 0.396 e. The minimum absolute atomic E-state index is 0.142. The van der Waals surface area contributed by atoms with Crippen LogP contribution in [0.25, 0.3) is 0 Å². The lowest BCUT2D eigenvalue weighted by atomic mass is 9.95. The topological polar surface area (TPSA) is 70.1 Å². The Morgan fingerprint density at radius 2 is 2.11 bits per heavy atom. The molecule has 1 atom stereocenters. The Morgan fingerprint density at radius 1 is 1.39 bits per heavy atom. The fourth-order valence-corrected chi connectivity index (χ4v) is 1.67. The molecule has 0 amide bonds. The minimum atomic E-state index is -0.142. The quantitative estimate of drug-likeness (QED) is 0.694. The van der Waals surface area contributed by atoms with Crippen LogP contribution in [0.1, 0.15) is 39.2 Å². The summed E-state index contributed by atoms with van der Waals surface area (Å²) >= 11 is 0. The van der Waals surface area contributed by atoms with Crippen LogP contribution in [-0.2, 0) is 0 Å². The summed E-state index contributed by atoms with van der Waals surface area (Å²) in [5.41, 5.74) is 0.867. The summed E-state index contributed by atoms with van der Waals surface area (Å²) in [5, 5.41) is 15.7. The van der Waals surface area contributed by atoms with E-state index in [4.69, 9.17) is 5.11 Å². The zero-order chi connectivity index (χ0) is 13.6. The average molecular weight is 252 g/mol. The minimum Gasteiger partial charge on any atom is -0.396 e. The van der Waals surface area contributed by atoms with Crippen LogP contribution in [0.4, 0.5) is 11.8 Å². The van der Waals surface area contributed by atoms with Crippen LogP contribution in [0.3, 0.4) is 0 Å². The number of hydrogen-bond donors (Lipinski definition) is 3. The van der Waals surface area contributed by atoms with Crippen LogP contribution in [0.5, 0.6) is 0 Å². The summed E-state index contributed by atoms with van der Waals surface area (Å²) in [7, 11) is 0. The molecule has 1 unspecified atom stereocenters. The van der Waals surface area contributed by atoms with Gasteiger partial charge in [0.25, 0.3) is 0 Å². The molecule has 1 aromatic heterocycles. The van der Waals surface area contributed by atoms with Crippen LogP contribution in [0.2, 0.25) is 0 Å². The molecule has 0 bridgehead atoms. The Balaban J connectivity index is 2.90. The molecule has 0 aliphatic rings. The van der Waals surface area contributed by atoms with Gasteiger partial charge < -0.3 is 15.7 Å². The number of aliphatic hydroxyl groups is 1. The fourth-order valence-electron chi connectivity index (χ4n) is 1.67. The second-order valence-electron chi connectivity index (χ2n) is 4.77. The highest BCUT2D eigenvalue weighted by Gasteiger charge is 2.22. The third-order valence-corrected chi connectivity index (χ3v) is 3.17. The summed E-state index contributed by atoms with van der Waals surface area (Å²) in [6.07, 6.45) is 3.43. The first kappa shape index (κ1) is 14.7. The normalized spacial score (nSPS) is 14.1. The van der Waals surface area contributed by atoms with E-state index < -0.39 is 0 Å². The lowest BCUT2D eigenvalue weighted by Gasteiger charge is -2.30. The summed E-state index contributed by atoms with van der Waals surface area (Å²) < 4.78 is 0. The first-order chi connectivity index (χ1) is 8.54. The van der Waals surface area contributed by atoms with Crippen molar-refractivity contribution in [3.8, 4) is 0 Å². The average Bonchev–Trinajstić information content (AvgIpc) is 2.34. The molecular formula is C13H24N4O. The molecule has 5 heteroatoms. The number of aryl methyl sites for hydroxylation is 1. The molecule has 0 aliphatic carbocycles. The molecular weight excluding hydrogens is 228 g/mol. The molecule has 5 nitrogen and oxygen atoms in total. The Bertz CT molecular complexity index is 383. The van der Waals surface area contributed by atoms with Crippen LogP contribution < -0.4 is 10.6 Å². The van der Waals surface area contributed by atoms with Crippen molar-refractivity contribution >= 4 is 11.8 Å². The van der Waals surface area contributed by atoms with Crippen molar-refractivity contribution in [2.24, 2.45) is 0 Å². The van der Waals surface area contributed by atoms with Gasteiger partial charge in [-0.3, -0.25) is 0 Å². The van der Waals surface area contributed by atoms with Gasteiger partial charge in [0, 0.05) is 30.5 Å². The van der Waals surface area contributed by atoms with E-state index in [1.807, 2.05) is 20.0 Å². The molecule has 3 N–H and O–H groups in total. The zero-order valence-corrected chi connectivity index (χ0v) is 11.7. The van der Waals surface area contributed by atoms with E-state index in [9.17, 15) is 0 Å². The predicted octanol–water partition coefficient (Wildman–Crippen LogP) is 2.18. The standard InChI is InChI=1S/C13H24N4O/c1-5-13(4,7-8-18)17-11-10(3)9-15-12(16-11)14-6-2/h9,18H,5-8H2,1-4H3,(H2,14,15,16,17).